The molecule has 1 aromatic rings. The molecule has 0 aliphatic rings. The standard InChI is InChI=1S/C14H19NO5S/c1-21(19,20)8-7-13(14(18)10-16)15(11-17)9-12-5-3-2-4-6-12/h2-6,11,13,16H,7-10H2,1H3. The molecular weight excluding hydrogens is 294 g/mol. The van der Waals surface area contributed by atoms with Crippen molar-refractivity contribution in [1.82, 2.24) is 4.90 Å². The van der Waals surface area contributed by atoms with Crippen LogP contribution in [0.2, 0.25) is 0 Å². The molecule has 0 spiro atoms. The normalized spacial score (nSPS) is 12.7. The van der Waals surface area contributed by atoms with Crippen molar-refractivity contribution in [1.29, 1.82) is 0 Å². The molecule has 0 aromatic heterocycles. The number of nitrogens with zero attached hydrogens (tertiary/aromatic N) is 1. The van der Waals surface area contributed by atoms with Gasteiger partial charge in [0.1, 0.15) is 16.4 Å². The van der Waals surface area contributed by atoms with Crippen LogP contribution in [0.3, 0.4) is 0 Å². The molecule has 116 valence electrons. The molecule has 0 bridgehead atoms. The number of amides is 1. The van der Waals surface area contributed by atoms with Gasteiger partial charge >= 0.3 is 0 Å². The zero-order valence-corrected chi connectivity index (χ0v) is 12.6. The molecule has 0 saturated carbocycles. The van der Waals surface area contributed by atoms with Crippen LogP contribution in [0, 0.1) is 0 Å². The Bertz CT molecular complexity index is 570. The Hall–Kier alpha value is -1.73. The lowest BCUT2D eigenvalue weighted by Gasteiger charge is -2.26. The zero-order chi connectivity index (χ0) is 15.9. The molecule has 0 fully saturated rings. The summed E-state index contributed by atoms with van der Waals surface area (Å²) in [5.74, 6) is -0.788. The summed E-state index contributed by atoms with van der Waals surface area (Å²) in [7, 11) is -3.25. The maximum atomic E-state index is 11.8. The lowest BCUT2D eigenvalue weighted by Crippen LogP contribution is -2.42. The van der Waals surface area contributed by atoms with Crippen LogP contribution in [-0.2, 0) is 26.0 Å². The van der Waals surface area contributed by atoms with Crippen molar-refractivity contribution in [3.8, 4) is 0 Å². The van der Waals surface area contributed by atoms with E-state index in [0.29, 0.717) is 6.41 Å². The highest BCUT2D eigenvalue weighted by Gasteiger charge is 2.25. The highest BCUT2D eigenvalue weighted by molar-refractivity contribution is 7.90. The molecule has 1 unspecified atom stereocenters. The van der Waals surface area contributed by atoms with Crippen LogP contribution < -0.4 is 0 Å². The van der Waals surface area contributed by atoms with Crippen LogP contribution in [0.25, 0.3) is 0 Å². The number of hydrogen-bond acceptors (Lipinski definition) is 5. The van der Waals surface area contributed by atoms with Gasteiger partial charge in [-0.1, -0.05) is 30.3 Å². The molecule has 1 amide bonds. The number of hydrogen-bond donors (Lipinski definition) is 1. The topological polar surface area (TPSA) is 91.8 Å². The lowest BCUT2D eigenvalue weighted by molar-refractivity contribution is -0.133. The van der Waals surface area contributed by atoms with Crippen LogP contribution in [0.1, 0.15) is 12.0 Å². The van der Waals surface area contributed by atoms with Crippen molar-refractivity contribution >= 4 is 22.0 Å². The number of rotatable bonds is 9. The zero-order valence-electron chi connectivity index (χ0n) is 11.8. The van der Waals surface area contributed by atoms with Gasteiger partial charge in [0.25, 0.3) is 0 Å². The third kappa shape index (κ3) is 6.05. The number of ketones is 1. The van der Waals surface area contributed by atoms with Crippen LogP contribution in [0.5, 0.6) is 0 Å². The first kappa shape index (κ1) is 17.3. The van der Waals surface area contributed by atoms with Crippen LogP contribution in [-0.4, -0.2) is 55.3 Å². The Balaban J connectivity index is 2.87. The quantitative estimate of drug-likeness (QED) is 0.648. The number of aliphatic hydroxyl groups is 1. The highest BCUT2D eigenvalue weighted by Crippen LogP contribution is 2.11. The van der Waals surface area contributed by atoms with Gasteiger partial charge in [-0.2, -0.15) is 0 Å². The lowest BCUT2D eigenvalue weighted by atomic mass is 10.1. The number of benzene rings is 1. The molecule has 7 heteroatoms. The molecule has 0 aliphatic carbocycles. The predicted molar refractivity (Wildman–Crippen MR) is 78.3 cm³/mol. The van der Waals surface area contributed by atoms with Gasteiger partial charge in [-0.05, 0) is 12.0 Å². The Morgan fingerprint density at radius 1 is 1.33 bits per heavy atom. The summed E-state index contributed by atoms with van der Waals surface area (Å²) >= 11 is 0. The summed E-state index contributed by atoms with van der Waals surface area (Å²) in [6.07, 6.45) is 1.55. The molecule has 0 saturated heterocycles. The summed E-state index contributed by atoms with van der Waals surface area (Å²) in [6.45, 7) is -0.544. The summed E-state index contributed by atoms with van der Waals surface area (Å²) in [6, 6.07) is 8.09. The van der Waals surface area contributed by atoms with Crippen LogP contribution in [0.4, 0.5) is 0 Å². The van der Waals surface area contributed by atoms with E-state index in [2.05, 4.69) is 0 Å². The van der Waals surface area contributed by atoms with Crippen molar-refractivity contribution in [2.24, 2.45) is 0 Å². The van der Waals surface area contributed by atoms with Gasteiger partial charge in [0.2, 0.25) is 6.41 Å². The highest BCUT2D eigenvalue weighted by atomic mass is 32.2. The Labute approximate surface area is 124 Å². The second kappa shape index (κ2) is 7.90. The first-order chi connectivity index (χ1) is 9.87. The van der Waals surface area contributed by atoms with E-state index in [1.807, 2.05) is 6.07 Å². The Morgan fingerprint density at radius 2 is 1.95 bits per heavy atom. The average Bonchev–Trinajstić information content (AvgIpc) is 2.45. The van der Waals surface area contributed by atoms with E-state index in [-0.39, 0.29) is 18.7 Å². The van der Waals surface area contributed by atoms with Crippen LogP contribution >= 0.6 is 0 Å². The first-order valence-electron chi connectivity index (χ1n) is 6.43. The molecule has 1 aromatic carbocycles. The van der Waals surface area contributed by atoms with Gasteiger partial charge in [0.05, 0.1) is 11.8 Å². The van der Waals surface area contributed by atoms with Gasteiger partial charge in [-0.3, -0.25) is 9.59 Å². The predicted octanol–water partition coefficient (Wildman–Crippen LogP) is 0.00970. The average molecular weight is 313 g/mol. The van der Waals surface area contributed by atoms with E-state index in [4.69, 9.17) is 5.11 Å². The van der Waals surface area contributed by atoms with E-state index in [9.17, 15) is 18.0 Å². The Kier molecular flexibility index (Phi) is 6.51. The minimum Gasteiger partial charge on any atom is -0.389 e. The van der Waals surface area contributed by atoms with Gasteiger partial charge < -0.3 is 10.0 Å². The molecular formula is C14H19NO5S. The van der Waals surface area contributed by atoms with Crippen molar-refractivity contribution in [3.05, 3.63) is 35.9 Å². The summed E-state index contributed by atoms with van der Waals surface area (Å²) in [4.78, 5) is 24.2. The molecule has 21 heavy (non-hydrogen) atoms. The van der Waals surface area contributed by atoms with Gasteiger partial charge in [0.15, 0.2) is 5.78 Å². The number of sulfone groups is 1. The second-order valence-corrected chi connectivity index (χ2v) is 7.08. The van der Waals surface area contributed by atoms with Crippen molar-refractivity contribution in [2.45, 2.75) is 19.0 Å². The van der Waals surface area contributed by atoms with Gasteiger partial charge in [-0.15, -0.1) is 0 Å². The smallest absolute Gasteiger partial charge is 0.210 e. The first-order valence-corrected chi connectivity index (χ1v) is 8.49. The SMILES string of the molecule is CS(=O)(=O)CCC(C(=O)CO)N(C=O)Cc1ccccc1. The van der Waals surface area contributed by atoms with Crippen molar-refractivity contribution < 1.29 is 23.1 Å². The summed E-state index contributed by atoms with van der Waals surface area (Å²) < 4.78 is 22.5. The van der Waals surface area contributed by atoms with E-state index in [1.165, 1.54) is 4.90 Å². The number of aliphatic hydroxyl groups excluding tert-OH is 1. The van der Waals surface area contributed by atoms with E-state index in [1.54, 1.807) is 24.3 Å². The molecule has 1 rings (SSSR count). The monoisotopic (exact) mass is 313 g/mol. The minimum atomic E-state index is -3.25. The largest absolute Gasteiger partial charge is 0.389 e. The van der Waals surface area contributed by atoms with E-state index < -0.39 is 28.3 Å². The fourth-order valence-corrected chi connectivity index (χ4v) is 2.61. The molecule has 6 nitrogen and oxygen atoms in total. The maximum Gasteiger partial charge on any atom is 0.210 e. The van der Waals surface area contributed by atoms with Crippen molar-refractivity contribution in [3.63, 3.8) is 0 Å². The second-order valence-electron chi connectivity index (χ2n) is 4.82. The summed E-state index contributed by atoms with van der Waals surface area (Å²) in [5.41, 5.74) is 0.819. The van der Waals surface area contributed by atoms with Crippen molar-refractivity contribution in [2.75, 3.05) is 18.6 Å². The third-order valence-electron chi connectivity index (χ3n) is 3.03. The summed E-state index contributed by atoms with van der Waals surface area (Å²) in [5, 5.41) is 9.00. The number of Topliss-reactive ketones (excluding diaryl/α,β-unsaturated/α-hetero) is 1. The molecule has 0 aliphatic heterocycles. The van der Waals surface area contributed by atoms with Gasteiger partial charge in [-0.25, -0.2) is 8.42 Å². The molecule has 1 atom stereocenters. The van der Waals surface area contributed by atoms with Gasteiger partial charge in [0, 0.05) is 12.8 Å². The van der Waals surface area contributed by atoms with Crippen LogP contribution in [0.15, 0.2) is 30.3 Å². The number of carbonyl (C=O) groups excluding carboxylic acids is 2. The fraction of sp³-hybridized carbons (Fsp3) is 0.429. The van der Waals surface area contributed by atoms with E-state index >= 15 is 0 Å². The molecule has 0 radical (unpaired) electrons. The molecule has 1 N–H and O–H groups in total. The Morgan fingerprint density at radius 3 is 2.43 bits per heavy atom. The van der Waals surface area contributed by atoms with E-state index in [0.717, 1.165) is 11.8 Å². The minimum absolute atomic E-state index is 0.0240. The maximum absolute atomic E-state index is 11.8. The number of carbonyl (C=O) groups is 2. The molecule has 0 heterocycles. The fourth-order valence-electron chi connectivity index (χ4n) is 1.96. The third-order valence-corrected chi connectivity index (χ3v) is 4.01.